The molecule has 7 heteroatoms. The Morgan fingerprint density at radius 3 is 2.42 bits per heavy atom. The van der Waals surface area contributed by atoms with Crippen molar-refractivity contribution in [2.45, 2.75) is 20.5 Å². The molecule has 0 aromatic heterocycles. The van der Waals surface area contributed by atoms with E-state index in [4.69, 9.17) is 20.9 Å². The molecule has 0 fully saturated rings. The molecule has 0 aliphatic carbocycles. The predicted octanol–water partition coefficient (Wildman–Crippen LogP) is 4.05. The summed E-state index contributed by atoms with van der Waals surface area (Å²) in [6.07, 6.45) is 0. The number of amides is 1. The van der Waals surface area contributed by atoms with Crippen molar-refractivity contribution in [2.24, 2.45) is 16.5 Å². The lowest BCUT2D eigenvalue weighted by molar-refractivity contribution is 0.102. The molecule has 1 amide bonds. The van der Waals surface area contributed by atoms with Crippen molar-refractivity contribution < 1.29 is 14.3 Å². The van der Waals surface area contributed by atoms with Gasteiger partial charge in [0.1, 0.15) is 23.8 Å². The number of anilines is 1. The predicted molar refractivity (Wildman–Crippen MR) is 123 cm³/mol. The number of methoxy groups -OCH3 is 1. The zero-order valence-electron chi connectivity index (χ0n) is 17.8. The van der Waals surface area contributed by atoms with Gasteiger partial charge in [-0.1, -0.05) is 23.8 Å². The van der Waals surface area contributed by atoms with E-state index in [1.54, 1.807) is 49.6 Å². The number of nitrogens with zero attached hydrogens (tertiary/aromatic N) is 1. The Kier molecular flexibility index (Phi) is 6.77. The summed E-state index contributed by atoms with van der Waals surface area (Å²) in [5, 5.41) is 2.86. The summed E-state index contributed by atoms with van der Waals surface area (Å²) < 4.78 is 11.2. The lowest BCUT2D eigenvalue weighted by Crippen LogP contribution is -2.22. The summed E-state index contributed by atoms with van der Waals surface area (Å²) in [5.74, 6) is 0.812. The molecule has 0 bridgehead atoms. The number of nitrogens with one attached hydrogen (secondary N) is 1. The Morgan fingerprint density at radius 2 is 1.74 bits per heavy atom. The third-order valence-corrected chi connectivity index (χ3v) is 4.71. The molecule has 0 radical (unpaired) electrons. The van der Waals surface area contributed by atoms with Crippen LogP contribution in [-0.2, 0) is 6.61 Å². The second-order valence-electron chi connectivity index (χ2n) is 7.12. The average molecular weight is 418 g/mol. The van der Waals surface area contributed by atoms with E-state index in [0.29, 0.717) is 35.0 Å². The Balaban J connectivity index is 1.82. The van der Waals surface area contributed by atoms with E-state index in [0.717, 1.165) is 16.7 Å². The third kappa shape index (κ3) is 5.76. The summed E-state index contributed by atoms with van der Waals surface area (Å²) in [7, 11) is 1.58. The first kappa shape index (κ1) is 21.7. The fourth-order valence-electron chi connectivity index (χ4n) is 3.00. The molecule has 3 aromatic rings. The maximum absolute atomic E-state index is 12.6. The molecule has 3 rings (SSSR count). The highest BCUT2D eigenvalue weighted by atomic mass is 16.5. The molecular formula is C24H26N4O3. The minimum absolute atomic E-state index is 0.0772. The molecule has 0 saturated carbocycles. The van der Waals surface area contributed by atoms with E-state index in [9.17, 15) is 4.79 Å². The lowest BCUT2D eigenvalue weighted by atomic mass is 10.1. The van der Waals surface area contributed by atoms with Crippen LogP contribution in [0.2, 0.25) is 0 Å². The van der Waals surface area contributed by atoms with Crippen LogP contribution in [0.25, 0.3) is 0 Å². The molecule has 31 heavy (non-hydrogen) atoms. The SMILES string of the molecule is COc1ccc(C(=O)Nc2ccc(N=C(N)N)c(OCc3cc(C)ccc3C)c2)cc1. The molecule has 0 aliphatic heterocycles. The number of aliphatic imine (C=N–C) groups is 1. The van der Waals surface area contributed by atoms with E-state index in [2.05, 4.69) is 28.5 Å². The van der Waals surface area contributed by atoms with Gasteiger partial charge < -0.3 is 26.3 Å². The number of ether oxygens (including phenoxy) is 2. The van der Waals surface area contributed by atoms with Gasteiger partial charge in [-0.25, -0.2) is 4.99 Å². The van der Waals surface area contributed by atoms with Crippen molar-refractivity contribution in [1.82, 2.24) is 0 Å². The molecule has 0 unspecified atom stereocenters. The van der Waals surface area contributed by atoms with E-state index < -0.39 is 0 Å². The van der Waals surface area contributed by atoms with E-state index >= 15 is 0 Å². The van der Waals surface area contributed by atoms with Crippen molar-refractivity contribution in [1.29, 1.82) is 0 Å². The van der Waals surface area contributed by atoms with Gasteiger partial charge in [-0.3, -0.25) is 4.79 Å². The summed E-state index contributed by atoms with van der Waals surface area (Å²) in [4.78, 5) is 16.7. The zero-order valence-corrected chi connectivity index (χ0v) is 17.8. The summed E-state index contributed by atoms with van der Waals surface area (Å²) in [6, 6.07) is 18.1. The number of benzene rings is 3. The van der Waals surface area contributed by atoms with Crippen LogP contribution in [0.1, 0.15) is 27.0 Å². The minimum Gasteiger partial charge on any atom is -0.497 e. The topological polar surface area (TPSA) is 112 Å². The third-order valence-electron chi connectivity index (χ3n) is 4.71. The molecule has 7 nitrogen and oxygen atoms in total. The summed E-state index contributed by atoms with van der Waals surface area (Å²) in [6.45, 7) is 4.40. The van der Waals surface area contributed by atoms with Crippen LogP contribution in [0.3, 0.4) is 0 Å². The second kappa shape index (κ2) is 9.67. The fourth-order valence-corrected chi connectivity index (χ4v) is 3.00. The highest BCUT2D eigenvalue weighted by molar-refractivity contribution is 6.04. The number of hydrogen-bond donors (Lipinski definition) is 3. The van der Waals surface area contributed by atoms with Gasteiger partial charge in [0.05, 0.1) is 7.11 Å². The highest BCUT2D eigenvalue weighted by Gasteiger charge is 2.11. The number of guanidine groups is 1. The van der Waals surface area contributed by atoms with Gasteiger partial charge in [0.15, 0.2) is 5.96 Å². The molecule has 3 aromatic carbocycles. The van der Waals surface area contributed by atoms with Crippen LogP contribution in [0.5, 0.6) is 11.5 Å². The highest BCUT2D eigenvalue weighted by Crippen LogP contribution is 2.32. The van der Waals surface area contributed by atoms with E-state index in [-0.39, 0.29) is 11.9 Å². The molecule has 0 aliphatic rings. The van der Waals surface area contributed by atoms with Crippen LogP contribution in [0.4, 0.5) is 11.4 Å². The first-order valence-corrected chi connectivity index (χ1v) is 9.73. The number of rotatable bonds is 7. The molecular weight excluding hydrogens is 392 g/mol. The van der Waals surface area contributed by atoms with Gasteiger partial charge >= 0.3 is 0 Å². The average Bonchev–Trinajstić information content (AvgIpc) is 2.75. The number of aryl methyl sites for hydroxylation is 2. The Morgan fingerprint density at radius 1 is 1.00 bits per heavy atom. The Labute approximate surface area is 181 Å². The van der Waals surface area contributed by atoms with Gasteiger partial charge in [0.25, 0.3) is 5.91 Å². The smallest absolute Gasteiger partial charge is 0.255 e. The Bertz CT molecular complexity index is 1100. The molecule has 5 N–H and O–H groups in total. The van der Waals surface area contributed by atoms with Crippen molar-refractivity contribution in [3.05, 3.63) is 82.9 Å². The zero-order chi connectivity index (χ0) is 22.4. The van der Waals surface area contributed by atoms with Crippen LogP contribution in [0.15, 0.2) is 65.7 Å². The van der Waals surface area contributed by atoms with Crippen molar-refractivity contribution in [2.75, 3.05) is 12.4 Å². The van der Waals surface area contributed by atoms with Crippen molar-refractivity contribution in [3.8, 4) is 11.5 Å². The number of hydrogen-bond acceptors (Lipinski definition) is 4. The van der Waals surface area contributed by atoms with Gasteiger partial charge in [-0.15, -0.1) is 0 Å². The van der Waals surface area contributed by atoms with Crippen LogP contribution < -0.4 is 26.3 Å². The number of carbonyl (C=O) groups excluding carboxylic acids is 1. The van der Waals surface area contributed by atoms with Crippen LogP contribution in [-0.4, -0.2) is 19.0 Å². The first-order chi connectivity index (χ1) is 14.9. The fraction of sp³-hybridized carbons (Fsp3) is 0.167. The monoisotopic (exact) mass is 418 g/mol. The van der Waals surface area contributed by atoms with Crippen molar-refractivity contribution >= 4 is 23.2 Å². The number of carbonyl (C=O) groups is 1. The van der Waals surface area contributed by atoms with E-state index in [1.165, 1.54) is 0 Å². The van der Waals surface area contributed by atoms with Gasteiger partial charge in [-0.05, 0) is 61.4 Å². The van der Waals surface area contributed by atoms with Crippen molar-refractivity contribution in [3.63, 3.8) is 0 Å². The molecule has 0 saturated heterocycles. The standard InChI is InChI=1S/C24H26N4O3/c1-15-4-5-16(2)18(12-15)14-31-22-13-19(8-11-21(22)28-24(25)26)27-23(29)17-6-9-20(30-3)10-7-17/h4-13H,14H2,1-3H3,(H,27,29)(H4,25,26,28). The molecule has 160 valence electrons. The minimum atomic E-state index is -0.252. The second-order valence-corrected chi connectivity index (χ2v) is 7.12. The quantitative estimate of drug-likeness (QED) is 0.396. The number of nitrogens with two attached hydrogens (primary N) is 2. The Hall–Kier alpha value is -4.00. The molecule has 0 heterocycles. The van der Waals surface area contributed by atoms with Crippen LogP contribution in [0, 0.1) is 13.8 Å². The largest absolute Gasteiger partial charge is 0.497 e. The molecule has 0 spiro atoms. The lowest BCUT2D eigenvalue weighted by Gasteiger charge is -2.14. The van der Waals surface area contributed by atoms with Crippen LogP contribution >= 0.6 is 0 Å². The first-order valence-electron chi connectivity index (χ1n) is 9.73. The van der Waals surface area contributed by atoms with E-state index in [1.807, 2.05) is 13.8 Å². The maximum atomic E-state index is 12.6. The van der Waals surface area contributed by atoms with Gasteiger partial charge in [0.2, 0.25) is 0 Å². The summed E-state index contributed by atoms with van der Waals surface area (Å²) >= 11 is 0. The van der Waals surface area contributed by atoms with Gasteiger partial charge in [-0.2, -0.15) is 0 Å². The molecule has 0 atom stereocenters. The normalized spacial score (nSPS) is 10.3. The maximum Gasteiger partial charge on any atom is 0.255 e. The summed E-state index contributed by atoms with van der Waals surface area (Å²) in [5.41, 5.74) is 16.0. The van der Waals surface area contributed by atoms with Gasteiger partial charge in [0, 0.05) is 17.3 Å².